The molecule has 0 aliphatic heterocycles. The topological polar surface area (TPSA) is 12.0 Å². The van der Waals surface area contributed by atoms with Gasteiger partial charge in [0.2, 0.25) is 0 Å². The third-order valence-electron chi connectivity index (χ3n) is 2.31. The van der Waals surface area contributed by atoms with Gasteiger partial charge in [-0.2, -0.15) is 0 Å². The molecule has 1 N–H and O–H groups in total. The first-order valence-corrected chi connectivity index (χ1v) is 4.66. The molecule has 64 valence electrons. The van der Waals surface area contributed by atoms with Crippen LogP contribution in [0.25, 0.3) is 0 Å². The van der Waals surface area contributed by atoms with Crippen LogP contribution in [-0.2, 0) is 0 Å². The molecule has 0 bridgehead atoms. The van der Waals surface area contributed by atoms with E-state index in [1.165, 1.54) is 18.4 Å². The third kappa shape index (κ3) is 1.42. The standard InChI is InChI=1S/C10H12ClN/c1-12-8-4-5-9(7-2-3-7)10(11)6-8/h4-7,12H,2-3H2,1H3. The largest absolute Gasteiger partial charge is 0.388 e. The molecule has 12 heavy (non-hydrogen) atoms. The van der Waals surface area contributed by atoms with E-state index in [0.29, 0.717) is 0 Å². The average molecular weight is 182 g/mol. The van der Waals surface area contributed by atoms with Crippen LogP contribution in [0.2, 0.25) is 5.02 Å². The summed E-state index contributed by atoms with van der Waals surface area (Å²) in [5, 5.41) is 3.98. The Morgan fingerprint density at radius 1 is 1.42 bits per heavy atom. The summed E-state index contributed by atoms with van der Waals surface area (Å²) in [6, 6.07) is 6.21. The van der Waals surface area contributed by atoms with E-state index < -0.39 is 0 Å². The maximum Gasteiger partial charge on any atom is 0.0461 e. The van der Waals surface area contributed by atoms with Crippen molar-refractivity contribution in [2.24, 2.45) is 0 Å². The lowest BCUT2D eigenvalue weighted by atomic mass is 10.1. The monoisotopic (exact) mass is 181 g/mol. The van der Waals surface area contributed by atoms with Crippen molar-refractivity contribution >= 4 is 17.3 Å². The lowest BCUT2D eigenvalue weighted by Gasteiger charge is -2.04. The van der Waals surface area contributed by atoms with Gasteiger partial charge in [0.1, 0.15) is 0 Å². The van der Waals surface area contributed by atoms with Crippen LogP contribution in [0, 0.1) is 0 Å². The number of nitrogens with one attached hydrogen (secondary N) is 1. The van der Waals surface area contributed by atoms with Gasteiger partial charge in [0.15, 0.2) is 0 Å². The Morgan fingerprint density at radius 2 is 2.17 bits per heavy atom. The molecule has 0 aromatic heterocycles. The molecule has 1 fully saturated rings. The molecule has 0 saturated heterocycles. The van der Waals surface area contributed by atoms with Crippen LogP contribution in [-0.4, -0.2) is 7.05 Å². The predicted octanol–water partition coefficient (Wildman–Crippen LogP) is 3.26. The number of halogens is 1. The summed E-state index contributed by atoms with van der Waals surface area (Å²) in [5.74, 6) is 0.739. The van der Waals surface area contributed by atoms with Crippen LogP contribution >= 0.6 is 11.6 Å². The maximum atomic E-state index is 6.10. The quantitative estimate of drug-likeness (QED) is 0.739. The van der Waals surface area contributed by atoms with E-state index in [2.05, 4.69) is 17.4 Å². The van der Waals surface area contributed by atoms with Crippen LogP contribution in [0.1, 0.15) is 24.3 Å². The normalized spacial score (nSPS) is 16.2. The first-order chi connectivity index (χ1) is 5.81. The number of hydrogen-bond acceptors (Lipinski definition) is 1. The molecular formula is C10H12ClN. The molecule has 1 aliphatic carbocycles. The van der Waals surface area contributed by atoms with Gasteiger partial charge < -0.3 is 5.32 Å². The first kappa shape index (κ1) is 7.93. The van der Waals surface area contributed by atoms with E-state index in [4.69, 9.17) is 11.6 Å². The summed E-state index contributed by atoms with van der Waals surface area (Å²) in [4.78, 5) is 0. The van der Waals surface area contributed by atoms with Crippen molar-refractivity contribution in [3.63, 3.8) is 0 Å². The molecule has 1 aromatic rings. The van der Waals surface area contributed by atoms with E-state index in [-0.39, 0.29) is 0 Å². The Morgan fingerprint density at radius 3 is 2.67 bits per heavy atom. The Hall–Kier alpha value is -0.690. The van der Waals surface area contributed by atoms with Gasteiger partial charge in [0.05, 0.1) is 0 Å². The van der Waals surface area contributed by atoms with E-state index in [9.17, 15) is 0 Å². The summed E-state index contributed by atoms with van der Waals surface area (Å²) >= 11 is 6.10. The second-order valence-electron chi connectivity index (χ2n) is 3.26. The number of rotatable bonds is 2. The fourth-order valence-corrected chi connectivity index (χ4v) is 1.74. The highest BCUT2D eigenvalue weighted by Gasteiger charge is 2.25. The zero-order valence-corrected chi connectivity index (χ0v) is 7.86. The molecule has 1 aliphatic rings. The van der Waals surface area contributed by atoms with E-state index in [1.807, 2.05) is 13.1 Å². The molecule has 0 atom stereocenters. The molecule has 0 unspecified atom stereocenters. The third-order valence-corrected chi connectivity index (χ3v) is 2.63. The molecule has 2 heteroatoms. The molecule has 0 heterocycles. The Bertz CT molecular complexity index is 292. The van der Waals surface area contributed by atoms with Crippen molar-refractivity contribution < 1.29 is 0 Å². The van der Waals surface area contributed by atoms with Crippen LogP contribution < -0.4 is 5.32 Å². The van der Waals surface area contributed by atoms with Gasteiger partial charge in [-0.15, -0.1) is 0 Å². The molecule has 1 aromatic carbocycles. The van der Waals surface area contributed by atoms with Gasteiger partial charge in [-0.3, -0.25) is 0 Å². The van der Waals surface area contributed by atoms with Crippen molar-refractivity contribution in [3.8, 4) is 0 Å². The lowest BCUT2D eigenvalue weighted by Crippen LogP contribution is -1.89. The first-order valence-electron chi connectivity index (χ1n) is 4.28. The second-order valence-corrected chi connectivity index (χ2v) is 3.67. The fraction of sp³-hybridized carbons (Fsp3) is 0.400. The fourth-order valence-electron chi connectivity index (χ4n) is 1.41. The van der Waals surface area contributed by atoms with Gasteiger partial charge >= 0.3 is 0 Å². The Labute approximate surface area is 77.7 Å². The van der Waals surface area contributed by atoms with Crippen molar-refractivity contribution in [3.05, 3.63) is 28.8 Å². The summed E-state index contributed by atoms with van der Waals surface area (Å²) in [5.41, 5.74) is 2.40. The van der Waals surface area contributed by atoms with Crippen molar-refractivity contribution in [2.75, 3.05) is 12.4 Å². The highest BCUT2D eigenvalue weighted by atomic mass is 35.5. The number of anilines is 1. The number of hydrogen-bond donors (Lipinski definition) is 1. The SMILES string of the molecule is CNc1ccc(C2CC2)c(Cl)c1. The maximum absolute atomic E-state index is 6.10. The summed E-state index contributed by atoms with van der Waals surface area (Å²) in [7, 11) is 1.91. The number of benzene rings is 1. The van der Waals surface area contributed by atoms with Crippen LogP contribution in [0.3, 0.4) is 0 Å². The minimum Gasteiger partial charge on any atom is -0.388 e. The molecule has 0 amide bonds. The molecule has 0 spiro atoms. The molecule has 0 radical (unpaired) electrons. The highest BCUT2D eigenvalue weighted by molar-refractivity contribution is 6.31. The van der Waals surface area contributed by atoms with Crippen molar-refractivity contribution in [1.82, 2.24) is 0 Å². The van der Waals surface area contributed by atoms with Gasteiger partial charge in [0.25, 0.3) is 0 Å². The second kappa shape index (κ2) is 2.98. The van der Waals surface area contributed by atoms with Crippen LogP contribution in [0.4, 0.5) is 5.69 Å². The van der Waals surface area contributed by atoms with Gasteiger partial charge in [0, 0.05) is 17.8 Å². The van der Waals surface area contributed by atoms with E-state index in [0.717, 1.165) is 16.6 Å². The summed E-state index contributed by atoms with van der Waals surface area (Å²) in [6.45, 7) is 0. The van der Waals surface area contributed by atoms with E-state index in [1.54, 1.807) is 0 Å². The zero-order chi connectivity index (χ0) is 8.55. The zero-order valence-electron chi connectivity index (χ0n) is 7.10. The minimum absolute atomic E-state index is 0.739. The Balaban J connectivity index is 2.32. The van der Waals surface area contributed by atoms with Crippen molar-refractivity contribution in [2.45, 2.75) is 18.8 Å². The average Bonchev–Trinajstić information content (AvgIpc) is 2.87. The smallest absolute Gasteiger partial charge is 0.0461 e. The lowest BCUT2D eigenvalue weighted by molar-refractivity contribution is 1.13. The molecule has 1 saturated carbocycles. The summed E-state index contributed by atoms with van der Waals surface area (Å²) in [6.07, 6.45) is 2.61. The minimum atomic E-state index is 0.739. The molecule has 1 nitrogen and oxygen atoms in total. The Kier molecular flexibility index (Phi) is 1.97. The van der Waals surface area contributed by atoms with Gasteiger partial charge in [-0.1, -0.05) is 17.7 Å². The van der Waals surface area contributed by atoms with Crippen LogP contribution in [0.5, 0.6) is 0 Å². The van der Waals surface area contributed by atoms with Crippen molar-refractivity contribution in [1.29, 1.82) is 0 Å². The van der Waals surface area contributed by atoms with Crippen LogP contribution in [0.15, 0.2) is 18.2 Å². The summed E-state index contributed by atoms with van der Waals surface area (Å²) < 4.78 is 0. The van der Waals surface area contributed by atoms with Gasteiger partial charge in [-0.05, 0) is 36.5 Å². The van der Waals surface area contributed by atoms with E-state index >= 15 is 0 Å². The van der Waals surface area contributed by atoms with Gasteiger partial charge in [-0.25, -0.2) is 0 Å². The predicted molar refractivity (Wildman–Crippen MR) is 53.0 cm³/mol. The highest BCUT2D eigenvalue weighted by Crippen LogP contribution is 2.43. The molecule has 2 rings (SSSR count). The molecular weight excluding hydrogens is 170 g/mol.